The van der Waals surface area contributed by atoms with Crippen LogP contribution in [0, 0.1) is 6.92 Å². The molecule has 0 bridgehead atoms. The van der Waals surface area contributed by atoms with Crippen molar-refractivity contribution in [1.29, 1.82) is 0 Å². The molecule has 3 N–H and O–H groups in total. The first-order chi connectivity index (χ1) is 14.4. The van der Waals surface area contributed by atoms with Crippen LogP contribution in [0.4, 0.5) is 5.69 Å². The van der Waals surface area contributed by atoms with E-state index in [4.69, 9.17) is 15.2 Å². The standard InChI is InChI=1S/C24H32N2O4/c1-5-6-7-8-17(20-12-11-19(29-3)15-22(20)30-4)14-23(27)26-21-13-18(24(25)28)10-9-16(21)2/h9-13,15,17H,5-8,14H2,1-4H3,(H2,25,28)(H,26,27)/t17-/m0/s1. The molecule has 6 heteroatoms. The van der Waals surface area contributed by atoms with Gasteiger partial charge in [-0.1, -0.05) is 38.3 Å². The van der Waals surface area contributed by atoms with E-state index in [0.29, 0.717) is 23.4 Å². The molecule has 162 valence electrons. The van der Waals surface area contributed by atoms with E-state index in [1.165, 1.54) is 0 Å². The fourth-order valence-electron chi connectivity index (χ4n) is 3.50. The molecule has 0 aliphatic heterocycles. The SMILES string of the molecule is CCCCC[C@@H](CC(=O)Nc1cc(C(N)=O)ccc1C)c1ccc(OC)cc1OC. The maximum absolute atomic E-state index is 12.9. The number of unbranched alkanes of at least 4 members (excludes halogenated alkanes) is 2. The van der Waals surface area contributed by atoms with Gasteiger partial charge in [-0.3, -0.25) is 9.59 Å². The number of nitrogens with two attached hydrogens (primary N) is 1. The lowest BCUT2D eigenvalue weighted by Gasteiger charge is -2.21. The van der Waals surface area contributed by atoms with Gasteiger partial charge in [0.25, 0.3) is 0 Å². The number of hydrogen-bond donors (Lipinski definition) is 2. The zero-order valence-electron chi connectivity index (χ0n) is 18.3. The van der Waals surface area contributed by atoms with Crippen molar-refractivity contribution in [3.8, 4) is 11.5 Å². The van der Waals surface area contributed by atoms with E-state index in [1.54, 1.807) is 32.4 Å². The van der Waals surface area contributed by atoms with Crippen LogP contribution in [-0.2, 0) is 4.79 Å². The summed E-state index contributed by atoms with van der Waals surface area (Å²) < 4.78 is 10.9. The average Bonchev–Trinajstić information content (AvgIpc) is 2.74. The third-order valence-corrected chi connectivity index (χ3v) is 5.26. The first kappa shape index (κ1) is 23.3. The van der Waals surface area contributed by atoms with Gasteiger partial charge in [0.05, 0.1) is 14.2 Å². The second-order valence-electron chi connectivity index (χ2n) is 7.45. The Labute approximate surface area is 178 Å². The van der Waals surface area contributed by atoms with Crippen molar-refractivity contribution in [3.05, 3.63) is 53.1 Å². The Morgan fingerprint density at radius 1 is 1.07 bits per heavy atom. The van der Waals surface area contributed by atoms with Crippen molar-refractivity contribution in [2.45, 2.75) is 51.9 Å². The fraction of sp³-hybridized carbons (Fsp3) is 0.417. The summed E-state index contributed by atoms with van der Waals surface area (Å²) in [5.74, 6) is 0.809. The lowest BCUT2D eigenvalue weighted by atomic mass is 9.89. The number of amides is 2. The molecule has 0 spiro atoms. The first-order valence-corrected chi connectivity index (χ1v) is 10.3. The van der Waals surface area contributed by atoms with E-state index in [9.17, 15) is 9.59 Å². The highest BCUT2D eigenvalue weighted by molar-refractivity contribution is 5.97. The third-order valence-electron chi connectivity index (χ3n) is 5.26. The number of nitrogens with one attached hydrogen (secondary N) is 1. The predicted octanol–water partition coefficient (Wildman–Crippen LogP) is 4.80. The zero-order valence-corrected chi connectivity index (χ0v) is 18.3. The molecule has 0 saturated heterocycles. The van der Waals surface area contributed by atoms with Crippen molar-refractivity contribution in [3.63, 3.8) is 0 Å². The van der Waals surface area contributed by atoms with Crippen LogP contribution in [0.5, 0.6) is 11.5 Å². The number of hydrogen-bond acceptors (Lipinski definition) is 4. The second-order valence-corrected chi connectivity index (χ2v) is 7.45. The molecule has 0 aliphatic carbocycles. The lowest BCUT2D eigenvalue weighted by molar-refractivity contribution is -0.116. The number of methoxy groups -OCH3 is 2. The Morgan fingerprint density at radius 3 is 2.47 bits per heavy atom. The van der Waals surface area contributed by atoms with Crippen LogP contribution in [0.15, 0.2) is 36.4 Å². The number of carbonyl (C=O) groups excluding carboxylic acids is 2. The van der Waals surface area contributed by atoms with Gasteiger partial charge in [-0.25, -0.2) is 0 Å². The van der Waals surface area contributed by atoms with Gasteiger partial charge < -0.3 is 20.5 Å². The summed E-state index contributed by atoms with van der Waals surface area (Å²) in [6.45, 7) is 4.04. The van der Waals surface area contributed by atoms with Crippen LogP contribution in [-0.4, -0.2) is 26.0 Å². The molecular formula is C24H32N2O4. The molecule has 2 amide bonds. The van der Waals surface area contributed by atoms with Crippen molar-refractivity contribution in [2.24, 2.45) is 5.73 Å². The summed E-state index contributed by atoms with van der Waals surface area (Å²) in [5.41, 5.74) is 8.20. The quantitative estimate of drug-likeness (QED) is 0.519. The smallest absolute Gasteiger partial charge is 0.248 e. The Kier molecular flexibility index (Phi) is 8.71. The van der Waals surface area contributed by atoms with Gasteiger partial charge in [-0.2, -0.15) is 0 Å². The van der Waals surface area contributed by atoms with E-state index in [2.05, 4.69) is 12.2 Å². The predicted molar refractivity (Wildman–Crippen MR) is 119 cm³/mol. The third kappa shape index (κ3) is 6.24. The van der Waals surface area contributed by atoms with Crippen LogP contribution in [0.3, 0.4) is 0 Å². The molecule has 6 nitrogen and oxygen atoms in total. The van der Waals surface area contributed by atoms with Gasteiger partial charge in [0.1, 0.15) is 11.5 Å². The van der Waals surface area contributed by atoms with E-state index in [-0.39, 0.29) is 11.8 Å². The number of primary amides is 1. The highest BCUT2D eigenvalue weighted by Gasteiger charge is 2.21. The summed E-state index contributed by atoms with van der Waals surface area (Å²) in [7, 11) is 3.24. The largest absolute Gasteiger partial charge is 0.497 e. The Bertz CT molecular complexity index is 880. The number of carbonyl (C=O) groups is 2. The fourth-order valence-corrected chi connectivity index (χ4v) is 3.50. The van der Waals surface area contributed by atoms with Crippen LogP contribution in [0.2, 0.25) is 0 Å². The molecule has 2 aromatic rings. The van der Waals surface area contributed by atoms with Crippen LogP contribution >= 0.6 is 0 Å². The van der Waals surface area contributed by atoms with Gasteiger partial charge >= 0.3 is 0 Å². The monoisotopic (exact) mass is 412 g/mol. The molecular weight excluding hydrogens is 380 g/mol. The number of ether oxygens (including phenoxy) is 2. The van der Waals surface area contributed by atoms with Crippen molar-refractivity contribution in [2.75, 3.05) is 19.5 Å². The summed E-state index contributed by atoms with van der Waals surface area (Å²) in [6.07, 6.45) is 4.44. The van der Waals surface area contributed by atoms with E-state index in [1.807, 2.05) is 25.1 Å². The molecule has 0 unspecified atom stereocenters. The number of benzene rings is 2. The molecule has 0 radical (unpaired) electrons. The van der Waals surface area contributed by atoms with E-state index < -0.39 is 5.91 Å². The topological polar surface area (TPSA) is 90.7 Å². The number of anilines is 1. The molecule has 0 saturated carbocycles. The second kappa shape index (κ2) is 11.2. The van der Waals surface area contributed by atoms with Gasteiger partial charge in [-0.15, -0.1) is 0 Å². The maximum Gasteiger partial charge on any atom is 0.248 e. The summed E-state index contributed by atoms with van der Waals surface area (Å²) >= 11 is 0. The molecule has 1 atom stereocenters. The minimum Gasteiger partial charge on any atom is -0.497 e. The number of rotatable bonds is 11. The molecule has 30 heavy (non-hydrogen) atoms. The van der Waals surface area contributed by atoms with Gasteiger partial charge in [0.2, 0.25) is 11.8 Å². The first-order valence-electron chi connectivity index (χ1n) is 10.3. The Hall–Kier alpha value is -3.02. The van der Waals surface area contributed by atoms with Gasteiger partial charge in [-0.05, 0) is 48.6 Å². The minimum absolute atomic E-state index is 0.0111. The summed E-state index contributed by atoms with van der Waals surface area (Å²) in [4.78, 5) is 24.4. The Balaban J connectivity index is 2.23. The van der Waals surface area contributed by atoms with Gasteiger partial charge in [0, 0.05) is 23.7 Å². The van der Waals surface area contributed by atoms with E-state index >= 15 is 0 Å². The molecule has 0 aromatic heterocycles. The molecule has 2 aromatic carbocycles. The molecule has 0 heterocycles. The molecule has 0 fully saturated rings. The summed E-state index contributed by atoms with van der Waals surface area (Å²) in [5, 5.41) is 2.94. The van der Waals surface area contributed by atoms with Crippen LogP contribution < -0.4 is 20.5 Å². The highest BCUT2D eigenvalue weighted by atomic mass is 16.5. The van der Waals surface area contributed by atoms with E-state index in [0.717, 1.165) is 42.6 Å². The highest BCUT2D eigenvalue weighted by Crippen LogP contribution is 2.36. The van der Waals surface area contributed by atoms with Crippen molar-refractivity contribution >= 4 is 17.5 Å². The van der Waals surface area contributed by atoms with Crippen molar-refractivity contribution < 1.29 is 19.1 Å². The normalized spacial score (nSPS) is 11.6. The van der Waals surface area contributed by atoms with Gasteiger partial charge in [0.15, 0.2) is 0 Å². The minimum atomic E-state index is -0.522. The average molecular weight is 413 g/mol. The number of aryl methyl sites for hydroxylation is 1. The maximum atomic E-state index is 12.9. The van der Waals surface area contributed by atoms with Crippen molar-refractivity contribution in [1.82, 2.24) is 0 Å². The lowest BCUT2D eigenvalue weighted by Crippen LogP contribution is -2.18. The summed E-state index contributed by atoms with van der Waals surface area (Å²) in [6, 6.07) is 10.8. The molecule has 0 aliphatic rings. The van der Waals surface area contributed by atoms with Crippen LogP contribution in [0.1, 0.15) is 66.4 Å². The Morgan fingerprint density at radius 2 is 1.83 bits per heavy atom. The zero-order chi connectivity index (χ0) is 22.1. The molecule has 2 rings (SSSR count). The van der Waals surface area contributed by atoms with Crippen LogP contribution in [0.25, 0.3) is 0 Å².